The Bertz CT molecular complexity index is 1210. The van der Waals surface area contributed by atoms with Crippen LogP contribution in [0.2, 0.25) is 0 Å². The van der Waals surface area contributed by atoms with Crippen molar-refractivity contribution in [1.29, 1.82) is 0 Å². The SMILES string of the molecule is CC(NC(=O)c1ccco1)c1nc2ccccc2n1CC(=O)N(c1ccccc1)C(C)C. The number of hydrogen-bond acceptors (Lipinski definition) is 4. The summed E-state index contributed by atoms with van der Waals surface area (Å²) in [5.74, 6) is 0.447. The normalized spacial score (nSPS) is 12.1. The van der Waals surface area contributed by atoms with Crippen molar-refractivity contribution in [2.24, 2.45) is 0 Å². The van der Waals surface area contributed by atoms with Crippen LogP contribution in [0.25, 0.3) is 11.0 Å². The molecule has 0 fully saturated rings. The average molecular weight is 431 g/mol. The fraction of sp³-hybridized carbons (Fsp3) is 0.240. The van der Waals surface area contributed by atoms with Crippen molar-refractivity contribution in [3.63, 3.8) is 0 Å². The summed E-state index contributed by atoms with van der Waals surface area (Å²) in [4.78, 5) is 32.5. The van der Waals surface area contributed by atoms with E-state index >= 15 is 0 Å². The first-order valence-corrected chi connectivity index (χ1v) is 10.6. The zero-order valence-corrected chi connectivity index (χ0v) is 18.4. The molecular formula is C25H26N4O3. The van der Waals surface area contributed by atoms with Crippen molar-refractivity contribution >= 4 is 28.5 Å². The van der Waals surface area contributed by atoms with E-state index in [4.69, 9.17) is 9.40 Å². The molecule has 0 aliphatic rings. The number of amides is 2. The third-order valence-electron chi connectivity index (χ3n) is 5.28. The van der Waals surface area contributed by atoms with E-state index in [0.29, 0.717) is 5.82 Å². The van der Waals surface area contributed by atoms with E-state index in [1.807, 2.05) is 79.9 Å². The number of hydrogen-bond donors (Lipinski definition) is 1. The Hall–Kier alpha value is -3.87. The number of furan rings is 1. The lowest BCUT2D eigenvalue weighted by molar-refractivity contribution is -0.119. The number of para-hydroxylation sites is 3. The number of rotatable bonds is 7. The molecule has 1 N–H and O–H groups in total. The minimum Gasteiger partial charge on any atom is -0.459 e. The zero-order valence-electron chi connectivity index (χ0n) is 18.4. The summed E-state index contributed by atoms with van der Waals surface area (Å²) in [7, 11) is 0. The van der Waals surface area contributed by atoms with Gasteiger partial charge in [0.15, 0.2) is 5.76 Å². The fourth-order valence-electron chi connectivity index (χ4n) is 3.86. The Morgan fingerprint density at radius 1 is 1.00 bits per heavy atom. The lowest BCUT2D eigenvalue weighted by atomic mass is 10.2. The maximum atomic E-state index is 13.5. The third-order valence-corrected chi connectivity index (χ3v) is 5.28. The highest BCUT2D eigenvalue weighted by atomic mass is 16.3. The van der Waals surface area contributed by atoms with Crippen molar-refractivity contribution in [3.05, 3.63) is 84.6 Å². The molecule has 4 rings (SSSR count). The van der Waals surface area contributed by atoms with Crippen LogP contribution in [0.3, 0.4) is 0 Å². The van der Waals surface area contributed by atoms with Crippen molar-refractivity contribution in [2.45, 2.75) is 39.4 Å². The van der Waals surface area contributed by atoms with Gasteiger partial charge >= 0.3 is 0 Å². The van der Waals surface area contributed by atoms with Crippen LogP contribution in [-0.4, -0.2) is 27.4 Å². The van der Waals surface area contributed by atoms with Crippen LogP contribution in [-0.2, 0) is 11.3 Å². The molecule has 2 aromatic carbocycles. The average Bonchev–Trinajstić information content (AvgIpc) is 3.43. The van der Waals surface area contributed by atoms with Gasteiger partial charge < -0.3 is 19.2 Å². The summed E-state index contributed by atoms with van der Waals surface area (Å²) in [6.07, 6.45) is 1.46. The molecule has 1 atom stereocenters. The Morgan fingerprint density at radius 2 is 1.72 bits per heavy atom. The molecule has 0 aliphatic heterocycles. The molecule has 0 saturated heterocycles. The summed E-state index contributed by atoms with van der Waals surface area (Å²) in [6, 6.07) is 20.1. The summed E-state index contributed by atoms with van der Waals surface area (Å²) in [5, 5.41) is 2.92. The lowest BCUT2D eigenvalue weighted by Gasteiger charge is -2.28. The van der Waals surface area contributed by atoms with Gasteiger partial charge in [-0.05, 0) is 57.2 Å². The van der Waals surface area contributed by atoms with E-state index in [-0.39, 0.29) is 30.2 Å². The second-order valence-corrected chi connectivity index (χ2v) is 7.91. The van der Waals surface area contributed by atoms with Crippen LogP contribution in [0, 0.1) is 0 Å². The van der Waals surface area contributed by atoms with Crippen LogP contribution >= 0.6 is 0 Å². The van der Waals surface area contributed by atoms with Crippen molar-refractivity contribution < 1.29 is 14.0 Å². The highest BCUT2D eigenvalue weighted by Gasteiger charge is 2.24. The van der Waals surface area contributed by atoms with Gasteiger partial charge in [-0.15, -0.1) is 0 Å². The van der Waals surface area contributed by atoms with Crippen molar-refractivity contribution in [2.75, 3.05) is 4.90 Å². The largest absolute Gasteiger partial charge is 0.459 e. The first-order chi connectivity index (χ1) is 15.5. The smallest absolute Gasteiger partial charge is 0.287 e. The van der Waals surface area contributed by atoms with Crippen molar-refractivity contribution in [3.8, 4) is 0 Å². The highest BCUT2D eigenvalue weighted by Crippen LogP contribution is 2.23. The Morgan fingerprint density at radius 3 is 2.41 bits per heavy atom. The predicted molar refractivity (Wildman–Crippen MR) is 123 cm³/mol. The maximum Gasteiger partial charge on any atom is 0.287 e. The van der Waals surface area contributed by atoms with Gasteiger partial charge in [-0.25, -0.2) is 4.98 Å². The molecule has 2 amide bonds. The minimum atomic E-state index is -0.433. The van der Waals surface area contributed by atoms with Crippen LogP contribution < -0.4 is 10.2 Å². The molecule has 164 valence electrons. The van der Waals surface area contributed by atoms with Gasteiger partial charge in [0.2, 0.25) is 5.91 Å². The van der Waals surface area contributed by atoms with E-state index in [2.05, 4.69) is 5.32 Å². The number of benzene rings is 2. The topological polar surface area (TPSA) is 80.4 Å². The Kier molecular flexibility index (Phi) is 6.07. The van der Waals surface area contributed by atoms with Crippen LogP contribution in [0.15, 0.2) is 77.4 Å². The number of carbonyl (C=O) groups is 2. The molecule has 7 heteroatoms. The number of fused-ring (bicyclic) bond motifs is 1. The summed E-state index contributed by atoms with van der Waals surface area (Å²) in [6.45, 7) is 5.93. The summed E-state index contributed by atoms with van der Waals surface area (Å²) < 4.78 is 7.07. The molecule has 32 heavy (non-hydrogen) atoms. The molecule has 0 radical (unpaired) electrons. The lowest BCUT2D eigenvalue weighted by Crippen LogP contribution is -2.40. The van der Waals surface area contributed by atoms with E-state index in [0.717, 1.165) is 16.7 Å². The van der Waals surface area contributed by atoms with Crippen LogP contribution in [0.4, 0.5) is 5.69 Å². The van der Waals surface area contributed by atoms with Gasteiger partial charge in [0, 0.05) is 11.7 Å². The first kappa shape index (κ1) is 21.4. The zero-order chi connectivity index (χ0) is 22.7. The monoisotopic (exact) mass is 430 g/mol. The quantitative estimate of drug-likeness (QED) is 0.466. The van der Waals surface area contributed by atoms with Crippen molar-refractivity contribution in [1.82, 2.24) is 14.9 Å². The molecule has 0 saturated carbocycles. The number of aromatic nitrogens is 2. The molecule has 2 aromatic heterocycles. The summed E-state index contributed by atoms with van der Waals surface area (Å²) >= 11 is 0. The van der Waals surface area contributed by atoms with Gasteiger partial charge in [-0.2, -0.15) is 0 Å². The standard InChI is InChI=1S/C25H26N4O3/c1-17(2)29(19-10-5-4-6-11-19)23(30)16-28-21-13-8-7-12-20(21)27-24(28)18(3)26-25(31)22-14-9-15-32-22/h4-15,17-18H,16H2,1-3H3,(H,26,31). The number of imidazole rings is 1. The molecule has 4 aromatic rings. The van der Waals surface area contributed by atoms with E-state index in [1.165, 1.54) is 6.26 Å². The molecule has 0 spiro atoms. The molecule has 2 heterocycles. The highest BCUT2D eigenvalue weighted by molar-refractivity contribution is 5.95. The fourth-order valence-corrected chi connectivity index (χ4v) is 3.86. The maximum absolute atomic E-state index is 13.5. The van der Waals surface area contributed by atoms with Gasteiger partial charge in [-0.3, -0.25) is 9.59 Å². The van der Waals surface area contributed by atoms with E-state index in [1.54, 1.807) is 17.0 Å². The molecule has 0 aliphatic carbocycles. The second kappa shape index (κ2) is 9.09. The second-order valence-electron chi connectivity index (χ2n) is 7.91. The van der Waals surface area contributed by atoms with Gasteiger partial charge in [-0.1, -0.05) is 30.3 Å². The number of anilines is 1. The number of carbonyl (C=O) groups excluding carboxylic acids is 2. The van der Waals surface area contributed by atoms with Crippen LogP contribution in [0.5, 0.6) is 0 Å². The first-order valence-electron chi connectivity index (χ1n) is 10.6. The number of nitrogens with one attached hydrogen (secondary N) is 1. The molecule has 1 unspecified atom stereocenters. The van der Waals surface area contributed by atoms with Gasteiger partial charge in [0.05, 0.1) is 23.3 Å². The Labute approximate surface area is 186 Å². The molecule has 0 bridgehead atoms. The minimum absolute atomic E-state index is 0.0146. The predicted octanol–water partition coefficient (Wildman–Crippen LogP) is 4.56. The molecular weight excluding hydrogens is 404 g/mol. The summed E-state index contributed by atoms with van der Waals surface area (Å²) in [5.41, 5.74) is 2.45. The molecule has 7 nitrogen and oxygen atoms in total. The number of nitrogens with zero attached hydrogens (tertiary/aromatic N) is 3. The van der Waals surface area contributed by atoms with Crippen LogP contribution in [0.1, 0.15) is 43.2 Å². The van der Waals surface area contributed by atoms with Gasteiger partial charge in [0.1, 0.15) is 12.4 Å². The van der Waals surface area contributed by atoms with Gasteiger partial charge in [0.25, 0.3) is 5.91 Å². The Balaban J connectivity index is 1.67. The third kappa shape index (κ3) is 4.27. The van der Waals surface area contributed by atoms with E-state index in [9.17, 15) is 9.59 Å². The van der Waals surface area contributed by atoms with E-state index < -0.39 is 6.04 Å².